The van der Waals surface area contributed by atoms with E-state index in [1.807, 2.05) is 45.0 Å². The monoisotopic (exact) mass is 251 g/mol. The fourth-order valence-electron chi connectivity index (χ4n) is 1.62. The molecule has 1 atom stereocenters. The van der Waals surface area contributed by atoms with Crippen LogP contribution in [0.2, 0.25) is 0 Å². The molecule has 0 saturated heterocycles. The van der Waals surface area contributed by atoms with Crippen molar-refractivity contribution in [2.75, 3.05) is 19.5 Å². The first-order valence-corrected chi connectivity index (χ1v) is 5.94. The molecule has 0 radical (unpaired) electrons. The van der Waals surface area contributed by atoms with Crippen LogP contribution in [0.5, 0.6) is 5.75 Å². The first kappa shape index (κ1) is 14.4. The number of anilines is 1. The molecule has 1 aromatic carbocycles. The van der Waals surface area contributed by atoms with Crippen LogP contribution < -0.4 is 10.1 Å². The van der Waals surface area contributed by atoms with E-state index in [4.69, 9.17) is 9.47 Å². The van der Waals surface area contributed by atoms with E-state index in [1.165, 1.54) is 7.11 Å². The molecule has 0 spiro atoms. The number of rotatable bonds is 5. The molecule has 0 aliphatic rings. The molecule has 0 fully saturated rings. The van der Waals surface area contributed by atoms with Crippen LogP contribution in [-0.4, -0.2) is 25.7 Å². The quantitative estimate of drug-likeness (QED) is 0.817. The third-order valence-electron chi connectivity index (χ3n) is 3.26. The second-order valence-electron chi connectivity index (χ2n) is 4.70. The third kappa shape index (κ3) is 2.94. The topological polar surface area (TPSA) is 47.6 Å². The van der Waals surface area contributed by atoms with Crippen LogP contribution in [0.15, 0.2) is 24.3 Å². The maximum absolute atomic E-state index is 11.9. The van der Waals surface area contributed by atoms with Gasteiger partial charge in [-0.1, -0.05) is 13.8 Å². The standard InChI is InChI=1S/C14H21NO3/c1-10(2)14(3,13(16)18-5)15-11-6-8-12(17-4)9-7-11/h6-10,15H,1-5H3. The molecule has 0 heterocycles. The van der Waals surface area contributed by atoms with Crippen molar-refractivity contribution in [3.8, 4) is 5.75 Å². The van der Waals surface area contributed by atoms with E-state index in [-0.39, 0.29) is 11.9 Å². The predicted octanol–water partition coefficient (Wildman–Crippen LogP) is 2.69. The first-order chi connectivity index (χ1) is 8.43. The highest BCUT2D eigenvalue weighted by Gasteiger charge is 2.37. The number of carbonyl (C=O) groups excluding carboxylic acids is 1. The van der Waals surface area contributed by atoms with E-state index in [0.717, 1.165) is 11.4 Å². The Hall–Kier alpha value is -1.71. The zero-order valence-corrected chi connectivity index (χ0v) is 11.6. The van der Waals surface area contributed by atoms with Gasteiger partial charge in [-0.05, 0) is 37.1 Å². The van der Waals surface area contributed by atoms with Crippen molar-refractivity contribution in [3.63, 3.8) is 0 Å². The van der Waals surface area contributed by atoms with Crippen molar-refractivity contribution in [2.45, 2.75) is 26.3 Å². The minimum Gasteiger partial charge on any atom is -0.497 e. The van der Waals surface area contributed by atoms with Crippen LogP contribution in [0.3, 0.4) is 0 Å². The second-order valence-corrected chi connectivity index (χ2v) is 4.70. The summed E-state index contributed by atoms with van der Waals surface area (Å²) in [5.41, 5.74) is 0.112. The smallest absolute Gasteiger partial charge is 0.331 e. The SMILES string of the molecule is COC(=O)C(C)(Nc1ccc(OC)cc1)C(C)C. The molecule has 0 saturated carbocycles. The fourth-order valence-corrected chi connectivity index (χ4v) is 1.62. The summed E-state index contributed by atoms with van der Waals surface area (Å²) >= 11 is 0. The Morgan fingerprint density at radius 1 is 1.22 bits per heavy atom. The Labute approximate surface area is 108 Å². The lowest BCUT2D eigenvalue weighted by atomic mass is 9.88. The lowest BCUT2D eigenvalue weighted by Crippen LogP contribution is -2.48. The van der Waals surface area contributed by atoms with Crippen LogP contribution in [0.4, 0.5) is 5.69 Å². The number of carbonyl (C=O) groups is 1. The number of esters is 1. The Bertz CT molecular complexity index is 400. The van der Waals surface area contributed by atoms with E-state index in [0.29, 0.717) is 0 Å². The molecular formula is C14H21NO3. The Morgan fingerprint density at radius 3 is 2.17 bits per heavy atom. The summed E-state index contributed by atoms with van der Waals surface area (Å²) in [5, 5.41) is 3.23. The fraction of sp³-hybridized carbons (Fsp3) is 0.500. The predicted molar refractivity (Wildman–Crippen MR) is 71.9 cm³/mol. The molecular weight excluding hydrogens is 230 g/mol. The highest BCUT2D eigenvalue weighted by molar-refractivity contribution is 5.84. The summed E-state index contributed by atoms with van der Waals surface area (Å²) in [5.74, 6) is 0.616. The van der Waals surface area contributed by atoms with Gasteiger partial charge < -0.3 is 14.8 Å². The van der Waals surface area contributed by atoms with Crippen molar-refractivity contribution < 1.29 is 14.3 Å². The summed E-state index contributed by atoms with van der Waals surface area (Å²) in [6.45, 7) is 5.80. The number of hydrogen-bond acceptors (Lipinski definition) is 4. The molecule has 100 valence electrons. The summed E-state index contributed by atoms with van der Waals surface area (Å²) in [4.78, 5) is 11.9. The van der Waals surface area contributed by atoms with Gasteiger partial charge in [0.1, 0.15) is 11.3 Å². The molecule has 1 rings (SSSR count). The Kier molecular flexibility index (Phi) is 4.59. The second kappa shape index (κ2) is 5.76. The number of ether oxygens (including phenoxy) is 2. The number of benzene rings is 1. The van der Waals surface area contributed by atoms with E-state index < -0.39 is 5.54 Å². The Morgan fingerprint density at radius 2 is 1.78 bits per heavy atom. The molecule has 4 heteroatoms. The third-order valence-corrected chi connectivity index (χ3v) is 3.26. The van der Waals surface area contributed by atoms with Gasteiger partial charge in [0.25, 0.3) is 0 Å². The minimum absolute atomic E-state index is 0.104. The summed E-state index contributed by atoms with van der Waals surface area (Å²) < 4.78 is 9.96. The van der Waals surface area contributed by atoms with Gasteiger partial charge in [0.15, 0.2) is 0 Å². The van der Waals surface area contributed by atoms with Gasteiger partial charge in [0.05, 0.1) is 14.2 Å². The highest BCUT2D eigenvalue weighted by atomic mass is 16.5. The van der Waals surface area contributed by atoms with E-state index in [2.05, 4.69) is 5.32 Å². The zero-order chi connectivity index (χ0) is 13.8. The van der Waals surface area contributed by atoms with E-state index >= 15 is 0 Å². The zero-order valence-electron chi connectivity index (χ0n) is 11.6. The van der Waals surface area contributed by atoms with Gasteiger partial charge in [-0.3, -0.25) is 0 Å². The molecule has 1 aromatic rings. The maximum atomic E-state index is 11.9. The lowest BCUT2D eigenvalue weighted by Gasteiger charge is -2.32. The number of hydrogen-bond donors (Lipinski definition) is 1. The molecule has 0 aliphatic heterocycles. The largest absolute Gasteiger partial charge is 0.497 e. The summed E-state index contributed by atoms with van der Waals surface area (Å²) in [6, 6.07) is 7.45. The highest BCUT2D eigenvalue weighted by Crippen LogP contribution is 2.25. The molecule has 1 unspecified atom stereocenters. The van der Waals surface area contributed by atoms with Crippen molar-refractivity contribution in [1.82, 2.24) is 0 Å². The molecule has 4 nitrogen and oxygen atoms in total. The van der Waals surface area contributed by atoms with Crippen LogP contribution >= 0.6 is 0 Å². The van der Waals surface area contributed by atoms with Gasteiger partial charge in [-0.2, -0.15) is 0 Å². The molecule has 0 bridgehead atoms. The summed E-state index contributed by atoms with van der Waals surface area (Å²) in [6.07, 6.45) is 0. The van der Waals surface area contributed by atoms with Crippen LogP contribution in [-0.2, 0) is 9.53 Å². The van der Waals surface area contributed by atoms with Gasteiger partial charge in [0.2, 0.25) is 0 Å². The summed E-state index contributed by atoms with van der Waals surface area (Å²) in [7, 11) is 3.02. The van der Waals surface area contributed by atoms with E-state index in [1.54, 1.807) is 7.11 Å². The number of methoxy groups -OCH3 is 2. The lowest BCUT2D eigenvalue weighted by molar-refractivity contribution is -0.146. The van der Waals surface area contributed by atoms with Crippen LogP contribution in [0.25, 0.3) is 0 Å². The average molecular weight is 251 g/mol. The molecule has 0 amide bonds. The first-order valence-electron chi connectivity index (χ1n) is 5.94. The van der Waals surface area contributed by atoms with Gasteiger partial charge in [-0.25, -0.2) is 4.79 Å². The van der Waals surface area contributed by atoms with Gasteiger partial charge in [0, 0.05) is 5.69 Å². The van der Waals surface area contributed by atoms with Crippen molar-refractivity contribution >= 4 is 11.7 Å². The minimum atomic E-state index is -0.747. The molecule has 1 N–H and O–H groups in total. The van der Waals surface area contributed by atoms with Gasteiger partial charge in [-0.15, -0.1) is 0 Å². The van der Waals surface area contributed by atoms with Gasteiger partial charge >= 0.3 is 5.97 Å². The van der Waals surface area contributed by atoms with Crippen molar-refractivity contribution in [1.29, 1.82) is 0 Å². The van der Waals surface area contributed by atoms with E-state index in [9.17, 15) is 4.79 Å². The maximum Gasteiger partial charge on any atom is 0.331 e. The van der Waals surface area contributed by atoms with Crippen LogP contribution in [0.1, 0.15) is 20.8 Å². The Balaban J connectivity index is 2.93. The molecule has 0 aliphatic carbocycles. The number of nitrogens with one attached hydrogen (secondary N) is 1. The van der Waals surface area contributed by atoms with Crippen molar-refractivity contribution in [2.24, 2.45) is 5.92 Å². The molecule has 0 aromatic heterocycles. The average Bonchev–Trinajstić information content (AvgIpc) is 2.38. The normalized spacial score (nSPS) is 13.9. The van der Waals surface area contributed by atoms with Crippen LogP contribution in [0, 0.1) is 5.92 Å². The van der Waals surface area contributed by atoms with Crippen molar-refractivity contribution in [3.05, 3.63) is 24.3 Å². The molecule has 18 heavy (non-hydrogen) atoms.